The summed E-state index contributed by atoms with van der Waals surface area (Å²) in [6.07, 6.45) is 0.615. The van der Waals surface area contributed by atoms with Crippen LogP contribution in [0.2, 0.25) is 0 Å². The van der Waals surface area contributed by atoms with E-state index in [0.29, 0.717) is 12.8 Å². The zero-order valence-corrected chi connectivity index (χ0v) is 14.9. The van der Waals surface area contributed by atoms with E-state index in [1.165, 1.54) is 0 Å². The molecule has 1 aliphatic rings. The van der Waals surface area contributed by atoms with Crippen molar-refractivity contribution in [1.29, 1.82) is 0 Å². The molecule has 0 radical (unpaired) electrons. The minimum absolute atomic E-state index is 0.0351. The Morgan fingerprint density at radius 3 is 2.09 bits per heavy atom. The van der Waals surface area contributed by atoms with Crippen molar-refractivity contribution in [3.05, 3.63) is 0 Å². The van der Waals surface area contributed by atoms with Gasteiger partial charge in [-0.05, 0) is 54.4 Å². The Balaban J connectivity index is 2.52. The molecule has 0 unspecified atom stereocenters. The Hall–Kier alpha value is -1.79. The smallest absolute Gasteiger partial charge is 0.408 e. The fourth-order valence-electron chi connectivity index (χ4n) is 2.11. The van der Waals surface area contributed by atoms with Crippen LogP contribution in [-0.4, -0.2) is 41.3 Å². The number of nitrogens with one attached hydrogen (secondary N) is 2. The van der Waals surface area contributed by atoms with Gasteiger partial charge in [-0.25, -0.2) is 9.59 Å². The third-order valence-corrected chi connectivity index (χ3v) is 3.24. The van der Waals surface area contributed by atoms with Gasteiger partial charge >= 0.3 is 12.1 Å². The molecule has 0 spiro atoms. The van der Waals surface area contributed by atoms with E-state index in [-0.39, 0.29) is 18.9 Å². The standard InChI is InChI=1S/C16H28N2O5/c1-7-22-12(20)16(8-9-16)17-11(19)10-15(5,6)18-13(21)23-14(2,3)4/h7-10H2,1-6H3,(H,17,19)(H,18,21). The Bertz CT molecular complexity index is 475. The minimum atomic E-state index is -0.880. The third kappa shape index (κ3) is 6.46. The van der Waals surface area contributed by atoms with Crippen molar-refractivity contribution in [2.75, 3.05) is 6.61 Å². The van der Waals surface area contributed by atoms with Gasteiger partial charge in [0.1, 0.15) is 11.1 Å². The molecule has 1 rings (SSSR count). The van der Waals surface area contributed by atoms with Gasteiger partial charge in [-0.1, -0.05) is 0 Å². The number of ether oxygens (including phenoxy) is 2. The average Bonchev–Trinajstić information content (AvgIpc) is 3.05. The number of carbonyl (C=O) groups is 3. The minimum Gasteiger partial charge on any atom is -0.464 e. The van der Waals surface area contributed by atoms with Crippen molar-refractivity contribution in [3.8, 4) is 0 Å². The molecule has 23 heavy (non-hydrogen) atoms. The lowest BCUT2D eigenvalue weighted by Crippen LogP contribution is -2.51. The molecular weight excluding hydrogens is 300 g/mol. The van der Waals surface area contributed by atoms with Crippen molar-refractivity contribution in [3.63, 3.8) is 0 Å². The van der Waals surface area contributed by atoms with Crippen molar-refractivity contribution >= 4 is 18.0 Å². The SMILES string of the molecule is CCOC(=O)C1(NC(=O)CC(C)(C)NC(=O)OC(C)(C)C)CC1. The Kier molecular flexibility index (Phi) is 5.66. The van der Waals surface area contributed by atoms with Gasteiger partial charge in [-0.3, -0.25) is 4.79 Å². The average molecular weight is 328 g/mol. The molecule has 7 heteroatoms. The van der Waals surface area contributed by atoms with E-state index in [0.717, 1.165) is 0 Å². The molecule has 0 aliphatic heterocycles. The van der Waals surface area contributed by atoms with Gasteiger partial charge in [-0.15, -0.1) is 0 Å². The molecule has 0 aromatic rings. The summed E-state index contributed by atoms with van der Waals surface area (Å²) >= 11 is 0. The van der Waals surface area contributed by atoms with Crippen molar-refractivity contribution < 1.29 is 23.9 Å². The van der Waals surface area contributed by atoms with Gasteiger partial charge < -0.3 is 20.1 Å². The highest BCUT2D eigenvalue weighted by molar-refractivity contribution is 5.91. The van der Waals surface area contributed by atoms with Crippen LogP contribution >= 0.6 is 0 Å². The van der Waals surface area contributed by atoms with E-state index in [1.807, 2.05) is 0 Å². The van der Waals surface area contributed by atoms with Crippen molar-refractivity contribution in [2.45, 2.75) is 77.5 Å². The largest absolute Gasteiger partial charge is 0.464 e. The molecule has 0 atom stereocenters. The lowest BCUT2D eigenvalue weighted by molar-refractivity contribution is -0.149. The molecule has 1 aliphatic carbocycles. The van der Waals surface area contributed by atoms with Crippen LogP contribution in [0.3, 0.4) is 0 Å². The van der Waals surface area contributed by atoms with Crippen LogP contribution in [0.1, 0.15) is 60.8 Å². The van der Waals surface area contributed by atoms with E-state index in [4.69, 9.17) is 9.47 Å². The predicted molar refractivity (Wildman–Crippen MR) is 84.8 cm³/mol. The summed E-state index contributed by atoms with van der Waals surface area (Å²) in [7, 11) is 0. The summed E-state index contributed by atoms with van der Waals surface area (Å²) in [5.41, 5.74) is -2.28. The summed E-state index contributed by atoms with van der Waals surface area (Å²) < 4.78 is 10.2. The predicted octanol–water partition coefficient (Wildman–Crippen LogP) is 1.89. The molecule has 2 N–H and O–H groups in total. The molecule has 0 aromatic carbocycles. The van der Waals surface area contributed by atoms with Gasteiger partial charge in [0, 0.05) is 12.0 Å². The first-order valence-corrected chi connectivity index (χ1v) is 7.88. The van der Waals surface area contributed by atoms with E-state index in [9.17, 15) is 14.4 Å². The molecule has 1 fully saturated rings. The van der Waals surface area contributed by atoms with Crippen LogP contribution in [0.15, 0.2) is 0 Å². The molecule has 0 saturated heterocycles. The number of hydrogen-bond donors (Lipinski definition) is 2. The van der Waals surface area contributed by atoms with E-state index in [1.54, 1.807) is 41.5 Å². The monoisotopic (exact) mass is 328 g/mol. The number of rotatable bonds is 6. The quantitative estimate of drug-likeness (QED) is 0.726. The van der Waals surface area contributed by atoms with E-state index in [2.05, 4.69) is 10.6 Å². The van der Waals surface area contributed by atoms with Crippen LogP contribution in [0.25, 0.3) is 0 Å². The zero-order chi connectivity index (χ0) is 17.9. The highest BCUT2D eigenvalue weighted by Gasteiger charge is 2.52. The van der Waals surface area contributed by atoms with Crippen LogP contribution in [0, 0.1) is 0 Å². The fraction of sp³-hybridized carbons (Fsp3) is 0.812. The molecule has 2 amide bonds. The molecule has 132 valence electrons. The first-order chi connectivity index (χ1) is 10.4. The molecule has 0 aromatic heterocycles. The van der Waals surface area contributed by atoms with Crippen LogP contribution in [-0.2, 0) is 19.1 Å². The lowest BCUT2D eigenvalue weighted by atomic mass is 10.00. The Labute approximate surface area is 137 Å². The zero-order valence-electron chi connectivity index (χ0n) is 14.9. The molecule has 0 heterocycles. The van der Waals surface area contributed by atoms with Crippen LogP contribution in [0.4, 0.5) is 4.79 Å². The van der Waals surface area contributed by atoms with Gasteiger partial charge in [0.25, 0.3) is 0 Å². The number of hydrogen-bond acceptors (Lipinski definition) is 5. The molecule has 7 nitrogen and oxygen atoms in total. The Morgan fingerprint density at radius 2 is 1.65 bits per heavy atom. The first kappa shape index (κ1) is 19.3. The highest BCUT2D eigenvalue weighted by Crippen LogP contribution is 2.37. The van der Waals surface area contributed by atoms with E-state index < -0.39 is 28.7 Å². The molecular formula is C16H28N2O5. The lowest BCUT2D eigenvalue weighted by Gasteiger charge is -2.28. The first-order valence-electron chi connectivity index (χ1n) is 7.88. The number of carbonyl (C=O) groups excluding carboxylic acids is 3. The maximum atomic E-state index is 12.2. The highest BCUT2D eigenvalue weighted by atomic mass is 16.6. The topological polar surface area (TPSA) is 93.7 Å². The van der Waals surface area contributed by atoms with Gasteiger partial charge in [-0.2, -0.15) is 0 Å². The van der Waals surface area contributed by atoms with Gasteiger partial charge in [0.05, 0.1) is 6.61 Å². The normalized spacial score (nSPS) is 16.3. The summed E-state index contributed by atoms with van der Waals surface area (Å²) in [5, 5.41) is 5.39. The second-order valence-corrected chi connectivity index (χ2v) is 7.54. The summed E-state index contributed by atoms with van der Waals surface area (Å²) in [6, 6.07) is 0. The van der Waals surface area contributed by atoms with Gasteiger partial charge in [0.2, 0.25) is 5.91 Å². The van der Waals surface area contributed by atoms with Crippen LogP contribution < -0.4 is 10.6 Å². The van der Waals surface area contributed by atoms with Crippen molar-refractivity contribution in [2.24, 2.45) is 0 Å². The van der Waals surface area contributed by atoms with Crippen LogP contribution in [0.5, 0.6) is 0 Å². The maximum Gasteiger partial charge on any atom is 0.408 e. The molecule has 1 saturated carbocycles. The van der Waals surface area contributed by atoms with Gasteiger partial charge in [0.15, 0.2) is 0 Å². The van der Waals surface area contributed by atoms with Crippen molar-refractivity contribution in [1.82, 2.24) is 10.6 Å². The Morgan fingerprint density at radius 1 is 1.09 bits per heavy atom. The van der Waals surface area contributed by atoms with E-state index >= 15 is 0 Å². The fourth-order valence-corrected chi connectivity index (χ4v) is 2.11. The summed E-state index contributed by atoms with van der Waals surface area (Å²) in [4.78, 5) is 35.8. The third-order valence-electron chi connectivity index (χ3n) is 3.24. The molecule has 0 bridgehead atoms. The number of alkyl carbamates (subject to hydrolysis) is 1. The number of esters is 1. The summed E-state index contributed by atoms with van der Waals surface area (Å²) in [5.74, 6) is -0.706. The second kappa shape index (κ2) is 6.76. The maximum absolute atomic E-state index is 12.2. The number of amides is 2. The summed E-state index contributed by atoms with van der Waals surface area (Å²) in [6.45, 7) is 10.8. The second-order valence-electron chi connectivity index (χ2n) is 7.54.